The van der Waals surface area contributed by atoms with E-state index in [4.69, 9.17) is 10.5 Å². The van der Waals surface area contributed by atoms with Gasteiger partial charge in [-0.1, -0.05) is 18.2 Å². The van der Waals surface area contributed by atoms with Crippen LogP contribution in [0.15, 0.2) is 36.9 Å². The molecule has 0 saturated carbocycles. The molecule has 0 spiro atoms. The highest BCUT2D eigenvalue weighted by molar-refractivity contribution is 5.39. The third-order valence-electron chi connectivity index (χ3n) is 1.87. The zero-order valence-corrected chi connectivity index (χ0v) is 7.86. The Hall–Kier alpha value is -1.28. The summed E-state index contributed by atoms with van der Waals surface area (Å²) in [6, 6.07) is 7.71. The van der Waals surface area contributed by atoms with Gasteiger partial charge in [0.05, 0.1) is 12.7 Å². The van der Waals surface area contributed by atoms with Gasteiger partial charge in [0.15, 0.2) is 0 Å². The van der Waals surface area contributed by atoms with Crippen LogP contribution in [0.25, 0.3) is 0 Å². The van der Waals surface area contributed by atoms with E-state index in [-0.39, 0.29) is 6.10 Å². The average molecular weight is 177 g/mol. The Morgan fingerprint density at radius 1 is 1.46 bits per heavy atom. The number of rotatable bonds is 4. The van der Waals surface area contributed by atoms with Crippen LogP contribution in [-0.4, -0.2) is 6.61 Å². The third kappa shape index (κ3) is 2.92. The van der Waals surface area contributed by atoms with Gasteiger partial charge in [-0.25, -0.2) is 0 Å². The fourth-order valence-electron chi connectivity index (χ4n) is 1.08. The molecule has 0 fully saturated rings. The second-order valence-corrected chi connectivity index (χ2v) is 2.93. The smallest absolute Gasteiger partial charge is 0.0801 e. The molecule has 0 aliphatic carbocycles. The molecule has 0 radical (unpaired) electrons. The Bertz CT molecular complexity index is 266. The predicted molar refractivity (Wildman–Crippen MR) is 55.4 cm³/mol. The molecule has 1 aromatic carbocycles. The van der Waals surface area contributed by atoms with Crippen molar-refractivity contribution in [1.29, 1.82) is 0 Å². The zero-order valence-electron chi connectivity index (χ0n) is 7.86. The quantitative estimate of drug-likeness (QED) is 0.566. The van der Waals surface area contributed by atoms with Crippen LogP contribution in [0.1, 0.15) is 18.6 Å². The monoisotopic (exact) mass is 177 g/mol. The van der Waals surface area contributed by atoms with E-state index in [1.165, 1.54) is 0 Å². The summed E-state index contributed by atoms with van der Waals surface area (Å²) in [5.74, 6) is 0. The maximum Gasteiger partial charge on any atom is 0.0801 e. The fraction of sp³-hybridized carbons (Fsp3) is 0.273. The molecule has 1 atom stereocenters. The maximum atomic E-state index is 5.57. The molecule has 0 aliphatic heterocycles. The maximum absolute atomic E-state index is 5.57. The minimum absolute atomic E-state index is 0.0959. The molecule has 1 aromatic rings. The lowest BCUT2D eigenvalue weighted by Gasteiger charge is -2.11. The number of benzene rings is 1. The molecular weight excluding hydrogens is 162 g/mol. The summed E-state index contributed by atoms with van der Waals surface area (Å²) in [5.41, 5.74) is 7.48. The van der Waals surface area contributed by atoms with E-state index in [1.807, 2.05) is 31.2 Å². The normalized spacial score (nSPS) is 12.4. The summed E-state index contributed by atoms with van der Waals surface area (Å²) in [6.45, 7) is 6.18. The number of hydrogen-bond donors (Lipinski definition) is 1. The lowest BCUT2D eigenvalue weighted by atomic mass is 10.1. The number of nitrogens with two attached hydrogens (primary N) is 1. The van der Waals surface area contributed by atoms with Crippen LogP contribution in [0.4, 0.5) is 5.69 Å². The first-order valence-electron chi connectivity index (χ1n) is 4.32. The Morgan fingerprint density at radius 3 is 2.62 bits per heavy atom. The molecule has 0 amide bonds. The lowest BCUT2D eigenvalue weighted by molar-refractivity contribution is 0.0888. The van der Waals surface area contributed by atoms with Gasteiger partial charge in [-0.2, -0.15) is 0 Å². The van der Waals surface area contributed by atoms with Gasteiger partial charge in [0, 0.05) is 5.69 Å². The molecule has 1 rings (SSSR count). The van der Waals surface area contributed by atoms with Crippen molar-refractivity contribution in [2.45, 2.75) is 13.0 Å². The van der Waals surface area contributed by atoms with Crippen LogP contribution in [0.2, 0.25) is 0 Å². The Morgan fingerprint density at radius 2 is 2.08 bits per heavy atom. The molecule has 1 unspecified atom stereocenters. The molecule has 70 valence electrons. The van der Waals surface area contributed by atoms with Crippen LogP contribution in [0.5, 0.6) is 0 Å². The molecule has 0 bridgehead atoms. The van der Waals surface area contributed by atoms with Gasteiger partial charge in [-0.3, -0.25) is 0 Å². The van der Waals surface area contributed by atoms with Gasteiger partial charge in [-0.15, -0.1) is 6.58 Å². The lowest BCUT2D eigenvalue weighted by Crippen LogP contribution is -1.99. The number of ether oxygens (including phenoxy) is 1. The van der Waals surface area contributed by atoms with Crippen LogP contribution in [0, 0.1) is 0 Å². The van der Waals surface area contributed by atoms with Crippen LogP contribution >= 0.6 is 0 Å². The molecule has 2 nitrogen and oxygen atoms in total. The summed E-state index contributed by atoms with van der Waals surface area (Å²) in [6.07, 6.45) is 1.84. The van der Waals surface area contributed by atoms with Crippen molar-refractivity contribution in [3.63, 3.8) is 0 Å². The third-order valence-corrected chi connectivity index (χ3v) is 1.87. The van der Waals surface area contributed by atoms with Crippen molar-refractivity contribution < 1.29 is 4.74 Å². The van der Waals surface area contributed by atoms with Gasteiger partial charge in [0.25, 0.3) is 0 Å². The molecule has 2 N–H and O–H groups in total. The van der Waals surface area contributed by atoms with Gasteiger partial charge >= 0.3 is 0 Å². The van der Waals surface area contributed by atoms with Crippen molar-refractivity contribution in [2.75, 3.05) is 12.3 Å². The summed E-state index contributed by atoms with van der Waals surface area (Å²) < 4.78 is 5.46. The highest BCUT2D eigenvalue weighted by atomic mass is 16.5. The summed E-state index contributed by atoms with van der Waals surface area (Å²) >= 11 is 0. The van der Waals surface area contributed by atoms with Gasteiger partial charge in [0.1, 0.15) is 0 Å². The summed E-state index contributed by atoms with van der Waals surface area (Å²) in [5, 5.41) is 0. The molecule has 0 heterocycles. The van der Waals surface area contributed by atoms with E-state index >= 15 is 0 Å². The van der Waals surface area contributed by atoms with E-state index in [0.717, 1.165) is 11.3 Å². The van der Waals surface area contributed by atoms with Gasteiger partial charge < -0.3 is 10.5 Å². The van der Waals surface area contributed by atoms with Crippen molar-refractivity contribution >= 4 is 5.69 Å². The second-order valence-electron chi connectivity index (χ2n) is 2.93. The minimum Gasteiger partial charge on any atom is -0.399 e. The number of hydrogen-bond acceptors (Lipinski definition) is 2. The van der Waals surface area contributed by atoms with E-state index in [0.29, 0.717) is 6.61 Å². The fourth-order valence-corrected chi connectivity index (χ4v) is 1.08. The molecule has 0 saturated heterocycles. The minimum atomic E-state index is 0.0959. The van der Waals surface area contributed by atoms with Gasteiger partial charge in [-0.05, 0) is 24.6 Å². The topological polar surface area (TPSA) is 35.2 Å². The SMILES string of the molecule is C=CCOC(C)c1ccc(N)cc1. The Kier molecular flexibility index (Phi) is 3.53. The molecule has 0 aromatic heterocycles. The summed E-state index contributed by atoms with van der Waals surface area (Å²) in [7, 11) is 0. The summed E-state index contributed by atoms with van der Waals surface area (Å²) in [4.78, 5) is 0. The molecular formula is C11H15NO. The van der Waals surface area contributed by atoms with Crippen LogP contribution < -0.4 is 5.73 Å². The van der Waals surface area contributed by atoms with Crippen molar-refractivity contribution in [3.05, 3.63) is 42.5 Å². The number of nitrogen functional groups attached to an aromatic ring is 1. The van der Waals surface area contributed by atoms with Crippen LogP contribution in [0.3, 0.4) is 0 Å². The first-order chi connectivity index (χ1) is 6.24. The number of anilines is 1. The Balaban J connectivity index is 2.60. The van der Waals surface area contributed by atoms with Crippen LogP contribution in [-0.2, 0) is 4.74 Å². The molecule has 13 heavy (non-hydrogen) atoms. The van der Waals surface area contributed by atoms with E-state index < -0.39 is 0 Å². The van der Waals surface area contributed by atoms with Gasteiger partial charge in [0.2, 0.25) is 0 Å². The standard InChI is InChI=1S/C11H15NO/c1-3-8-13-9(2)10-4-6-11(12)7-5-10/h3-7,9H,1,8,12H2,2H3. The Labute approximate surface area is 79.0 Å². The first-order valence-corrected chi connectivity index (χ1v) is 4.32. The van der Waals surface area contributed by atoms with Crippen molar-refractivity contribution in [1.82, 2.24) is 0 Å². The highest BCUT2D eigenvalue weighted by Crippen LogP contribution is 2.17. The molecule has 2 heteroatoms. The average Bonchev–Trinajstić information content (AvgIpc) is 2.15. The van der Waals surface area contributed by atoms with Crippen molar-refractivity contribution in [2.24, 2.45) is 0 Å². The van der Waals surface area contributed by atoms with E-state index in [1.54, 1.807) is 6.08 Å². The molecule has 0 aliphatic rings. The van der Waals surface area contributed by atoms with E-state index in [9.17, 15) is 0 Å². The van der Waals surface area contributed by atoms with E-state index in [2.05, 4.69) is 6.58 Å². The second kappa shape index (κ2) is 4.67. The first kappa shape index (κ1) is 9.81. The zero-order chi connectivity index (χ0) is 9.68. The highest BCUT2D eigenvalue weighted by Gasteiger charge is 2.03. The van der Waals surface area contributed by atoms with Crippen molar-refractivity contribution in [3.8, 4) is 0 Å². The predicted octanol–water partition coefficient (Wildman–Crippen LogP) is 2.53. The largest absolute Gasteiger partial charge is 0.399 e.